The third-order valence-electron chi connectivity index (χ3n) is 6.11. The molecule has 2 aromatic carbocycles. The van der Waals surface area contributed by atoms with Crippen molar-refractivity contribution in [3.05, 3.63) is 75.7 Å². The van der Waals surface area contributed by atoms with Crippen molar-refractivity contribution < 1.29 is 19.8 Å². The first kappa shape index (κ1) is 25.8. The number of nitrogens with one attached hydrogen (secondary N) is 1. The van der Waals surface area contributed by atoms with Crippen molar-refractivity contribution in [1.29, 1.82) is 0 Å². The van der Waals surface area contributed by atoms with Gasteiger partial charge in [-0.3, -0.25) is 14.7 Å². The second-order valence-electron chi connectivity index (χ2n) is 8.56. The third kappa shape index (κ3) is 5.98. The molecule has 8 nitrogen and oxygen atoms in total. The molecule has 1 saturated heterocycles. The summed E-state index contributed by atoms with van der Waals surface area (Å²) in [6, 6.07) is 13.2. The van der Waals surface area contributed by atoms with Crippen LogP contribution in [-0.4, -0.2) is 45.7 Å². The van der Waals surface area contributed by atoms with Crippen LogP contribution >= 0.6 is 11.9 Å². The van der Waals surface area contributed by atoms with E-state index in [2.05, 4.69) is 5.32 Å². The number of aryl methyl sites for hydroxylation is 2. The summed E-state index contributed by atoms with van der Waals surface area (Å²) in [7, 11) is 0. The number of hydrogen-bond donors (Lipinski definition) is 5. The van der Waals surface area contributed by atoms with Crippen molar-refractivity contribution in [2.24, 2.45) is 10.9 Å². The number of aliphatic hydroxyl groups is 2. The molecule has 1 heterocycles. The van der Waals surface area contributed by atoms with E-state index in [4.69, 9.17) is 10.9 Å². The molecule has 0 bridgehead atoms. The van der Waals surface area contributed by atoms with Gasteiger partial charge < -0.3 is 26.2 Å². The van der Waals surface area contributed by atoms with Crippen LogP contribution in [0.4, 0.5) is 0 Å². The van der Waals surface area contributed by atoms with E-state index in [-0.39, 0.29) is 12.6 Å². The normalized spacial score (nSPS) is 18.0. The van der Waals surface area contributed by atoms with Crippen LogP contribution in [0.25, 0.3) is 5.70 Å². The van der Waals surface area contributed by atoms with E-state index in [1.54, 1.807) is 10.3 Å². The van der Waals surface area contributed by atoms with E-state index in [0.717, 1.165) is 52.6 Å². The minimum absolute atomic E-state index is 0.133. The molecule has 1 aliphatic rings. The Morgan fingerprint density at radius 2 is 1.97 bits per heavy atom. The highest BCUT2D eigenvalue weighted by molar-refractivity contribution is 8.00. The van der Waals surface area contributed by atoms with E-state index < -0.39 is 24.0 Å². The van der Waals surface area contributed by atoms with Gasteiger partial charge in [-0.2, -0.15) is 0 Å². The number of benzene rings is 2. The average molecular weight is 485 g/mol. The summed E-state index contributed by atoms with van der Waals surface area (Å²) >= 11 is 1.02. The average Bonchev–Trinajstić information content (AvgIpc) is 3.31. The lowest BCUT2D eigenvalue weighted by Gasteiger charge is -2.29. The van der Waals surface area contributed by atoms with E-state index in [1.165, 1.54) is 0 Å². The molecule has 0 aromatic heterocycles. The van der Waals surface area contributed by atoms with Gasteiger partial charge in [-0.1, -0.05) is 53.9 Å². The van der Waals surface area contributed by atoms with E-state index in [9.17, 15) is 19.8 Å². The minimum Gasteiger partial charge on any atom is -0.398 e. The first-order valence-electron chi connectivity index (χ1n) is 11.1. The highest BCUT2D eigenvalue weighted by Crippen LogP contribution is 2.33. The lowest BCUT2D eigenvalue weighted by atomic mass is 10.0. The topological polar surface area (TPSA) is 142 Å². The SMILES string of the molecule is Cc1cccc(C2CCCN2C(=O)[C@H](O)[C@@H](O)C(=O)NCc2ccc(/C(N)=C/SN)cc2C)c1. The molecule has 2 amide bonds. The highest BCUT2D eigenvalue weighted by Gasteiger charge is 2.38. The Labute approximate surface area is 204 Å². The summed E-state index contributed by atoms with van der Waals surface area (Å²) in [4.78, 5) is 27.0. The molecule has 2 aromatic rings. The van der Waals surface area contributed by atoms with Crippen molar-refractivity contribution in [3.63, 3.8) is 0 Å². The molecule has 182 valence electrons. The summed E-state index contributed by atoms with van der Waals surface area (Å²) in [5, 5.41) is 30.5. The fourth-order valence-corrected chi connectivity index (χ4v) is 4.49. The number of amides is 2. The van der Waals surface area contributed by atoms with Crippen LogP contribution in [0, 0.1) is 13.8 Å². The van der Waals surface area contributed by atoms with Crippen LogP contribution in [0.15, 0.2) is 47.9 Å². The number of hydrogen-bond acceptors (Lipinski definition) is 7. The van der Waals surface area contributed by atoms with Gasteiger partial charge >= 0.3 is 0 Å². The maximum Gasteiger partial charge on any atom is 0.255 e. The summed E-state index contributed by atoms with van der Waals surface area (Å²) in [5.41, 5.74) is 11.1. The second kappa shape index (κ2) is 11.5. The molecular weight excluding hydrogens is 452 g/mol. The van der Waals surface area contributed by atoms with Gasteiger partial charge in [-0.05, 0) is 55.0 Å². The predicted molar refractivity (Wildman–Crippen MR) is 134 cm³/mol. The van der Waals surface area contributed by atoms with Gasteiger partial charge in [0.1, 0.15) is 0 Å². The summed E-state index contributed by atoms with van der Waals surface area (Å²) in [6.45, 7) is 4.46. The molecule has 0 saturated carbocycles. The largest absolute Gasteiger partial charge is 0.398 e. The fourth-order valence-electron chi connectivity index (χ4n) is 4.20. The van der Waals surface area contributed by atoms with Gasteiger partial charge in [-0.25, -0.2) is 0 Å². The maximum atomic E-state index is 13.0. The zero-order valence-corrected chi connectivity index (χ0v) is 20.2. The fraction of sp³-hybridized carbons (Fsp3) is 0.360. The Morgan fingerprint density at radius 1 is 1.21 bits per heavy atom. The Kier molecular flexibility index (Phi) is 8.73. The lowest BCUT2D eigenvalue weighted by Crippen LogP contribution is -2.50. The molecule has 0 radical (unpaired) electrons. The molecule has 1 unspecified atom stereocenters. The number of carbonyl (C=O) groups is 2. The molecular formula is C25H32N4O4S. The molecule has 34 heavy (non-hydrogen) atoms. The van der Waals surface area contributed by atoms with Crippen LogP contribution in [0.2, 0.25) is 0 Å². The van der Waals surface area contributed by atoms with Crippen molar-refractivity contribution in [2.45, 2.75) is 51.5 Å². The van der Waals surface area contributed by atoms with E-state index in [1.807, 2.05) is 56.3 Å². The van der Waals surface area contributed by atoms with E-state index >= 15 is 0 Å². The second-order valence-corrected chi connectivity index (χ2v) is 9.07. The standard InChI is InChI=1S/C25H32N4O4S/c1-15-5-3-6-18(11-15)21-7-4-10-29(21)25(33)23(31)22(30)24(32)28-13-19-9-8-17(12-16(19)2)20(26)14-34-27/h3,5-6,8-9,11-12,14,21-23,30-31H,4,7,10,13,26-27H2,1-2H3,(H,28,32)/b20-14-/t21?,22-,23-/m1/s1. The summed E-state index contributed by atoms with van der Waals surface area (Å²) in [6.07, 6.45) is -2.15. The van der Waals surface area contributed by atoms with Gasteiger partial charge in [0.05, 0.1) is 6.04 Å². The number of rotatable bonds is 8. The van der Waals surface area contributed by atoms with Crippen LogP contribution in [-0.2, 0) is 16.1 Å². The highest BCUT2D eigenvalue weighted by atomic mass is 32.2. The van der Waals surface area contributed by atoms with Crippen LogP contribution in [0.1, 0.15) is 46.7 Å². The Bertz CT molecular complexity index is 1070. The molecule has 1 fully saturated rings. The monoisotopic (exact) mass is 484 g/mol. The van der Waals surface area contributed by atoms with Crippen molar-refractivity contribution in [2.75, 3.05) is 6.54 Å². The first-order chi connectivity index (χ1) is 16.2. The smallest absolute Gasteiger partial charge is 0.255 e. The lowest BCUT2D eigenvalue weighted by molar-refractivity contribution is -0.153. The number of nitrogens with zero attached hydrogens (tertiary/aromatic N) is 1. The van der Waals surface area contributed by atoms with Crippen LogP contribution < -0.4 is 16.2 Å². The Balaban J connectivity index is 1.62. The zero-order chi connectivity index (χ0) is 24.8. The quantitative estimate of drug-likeness (QED) is 0.360. The molecule has 3 atom stereocenters. The minimum atomic E-state index is -1.87. The van der Waals surface area contributed by atoms with Crippen LogP contribution in [0.3, 0.4) is 0 Å². The van der Waals surface area contributed by atoms with Crippen molar-refractivity contribution in [3.8, 4) is 0 Å². The Morgan fingerprint density at radius 3 is 2.65 bits per heavy atom. The summed E-state index contributed by atoms with van der Waals surface area (Å²) in [5.74, 6) is -1.46. The molecule has 9 heteroatoms. The molecule has 1 aliphatic heterocycles. The molecule has 3 rings (SSSR count). The maximum absolute atomic E-state index is 13.0. The molecule has 0 spiro atoms. The van der Waals surface area contributed by atoms with Gasteiger partial charge in [-0.15, -0.1) is 0 Å². The van der Waals surface area contributed by atoms with Crippen LogP contribution in [0.5, 0.6) is 0 Å². The molecule has 7 N–H and O–H groups in total. The summed E-state index contributed by atoms with van der Waals surface area (Å²) < 4.78 is 0. The predicted octanol–water partition coefficient (Wildman–Crippen LogP) is 1.87. The first-order valence-corrected chi connectivity index (χ1v) is 12.1. The number of carbonyl (C=O) groups excluding carboxylic acids is 2. The van der Waals surface area contributed by atoms with Gasteiger partial charge in [0.25, 0.3) is 11.8 Å². The molecule has 0 aliphatic carbocycles. The van der Waals surface area contributed by atoms with Gasteiger partial charge in [0.2, 0.25) is 0 Å². The zero-order valence-electron chi connectivity index (χ0n) is 19.4. The van der Waals surface area contributed by atoms with Gasteiger partial charge in [0.15, 0.2) is 12.2 Å². The van der Waals surface area contributed by atoms with E-state index in [0.29, 0.717) is 12.2 Å². The Hall–Kier alpha value is -2.85. The van der Waals surface area contributed by atoms with Crippen molar-refractivity contribution >= 4 is 29.5 Å². The third-order valence-corrected chi connectivity index (χ3v) is 6.50. The number of likely N-dealkylation sites (tertiary alicyclic amines) is 1. The number of nitrogens with two attached hydrogens (primary N) is 2. The van der Waals surface area contributed by atoms with Gasteiger partial charge in [0, 0.05) is 24.2 Å². The number of aliphatic hydroxyl groups excluding tert-OH is 2. The van der Waals surface area contributed by atoms with Crippen molar-refractivity contribution in [1.82, 2.24) is 10.2 Å².